The van der Waals surface area contributed by atoms with Crippen molar-refractivity contribution in [2.75, 3.05) is 4.90 Å². The van der Waals surface area contributed by atoms with Crippen molar-refractivity contribution in [3.05, 3.63) is 91.4 Å². The Morgan fingerprint density at radius 1 is 1.00 bits per heavy atom. The lowest BCUT2D eigenvalue weighted by molar-refractivity contribution is -0.385. The zero-order valence-electron chi connectivity index (χ0n) is 16.5. The maximum atomic E-state index is 14.0. The predicted octanol–water partition coefficient (Wildman–Crippen LogP) is 3.86. The third-order valence-electron chi connectivity index (χ3n) is 5.73. The number of carbonyl (C=O) groups is 3. The molecule has 3 aromatic rings. The van der Waals surface area contributed by atoms with Gasteiger partial charge in [-0.1, -0.05) is 18.2 Å². The van der Waals surface area contributed by atoms with E-state index >= 15 is 0 Å². The fourth-order valence-corrected chi connectivity index (χ4v) is 5.11. The first-order valence-corrected chi connectivity index (χ1v) is 10.5. The maximum absolute atomic E-state index is 14.0. The van der Waals surface area contributed by atoms with Crippen LogP contribution in [0.4, 0.5) is 15.8 Å². The Bertz CT molecular complexity index is 1320. The molecule has 0 N–H and O–H groups in total. The van der Waals surface area contributed by atoms with E-state index in [1.807, 2.05) is 0 Å². The van der Waals surface area contributed by atoms with Gasteiger partial charge in [0.15, 0.2) is 0 Å². The smallest absolute Gasteiger partial charge is 0.282 e. The summed E-state index contributed by atoms with van der Waals surface area (Å²) in [7, 11) is 0. The van der Waals surface area contributed by atoms with E-state index in [9.17, 15) is 28.9 Å². The number of hydrogen-bond acceptors (Lipinski definition) is 6. The number of imide groups is 1. The third kappa shape index (κ3) is 2.69. The van der Waals surface area contributed by atoms with E-state index in [0.717, 1.165) is 11.0 Å². The van der Waals surface area contributed by atoms with Gasteiger partial charge in [0.1, 0.15) is 23.5 Å². The first-order valence-electron chi connectivity index (χ1n) is 9.59. The highest BCUT2D eigenvalue weighted by Crippen LogP contribution is 2.47. The van der Waals surface area contributed by atoms with Crippen molar-refractivity contribution in [1.29, 1.82) is 0 Å². The van der Waals surface area contributed by atoms with Crippen molar-refractivity contribution in [2.45, 2.75) is 19.0 Å². The molecule has 5 rings (SSSR count). The second kappa shape index (κ2) is 7.06. The molecule has 2 aliphatic heterocycles. The fraction of sp³-hybridized carbons (Fsp3) is 0.136. The van der Waals surface area contributed by atoms with Crippen LogP contribution in [-0.2, 0) is 4.79 Å². The molecule has 1 fully saturated rings. The van der Waals surface area contributed by atoms with E-state index in [4.69, 9.17) is 0 Å². The number of amides is 3. The van der Waals surface area contributed by atoms with Gasteiger partial charge in [0, 0.05) is 10.9 Å². The van der Waals surface area contributed by atoms with Crippen molar-refractivity contribution in [3.63, 3.8) is 0 Å². The molecule has 3 amide bonds. The van der Waals surface area contributed by atoms with Crippen molar-refractivity contribution >= 4 is 40.4 Å². The van der Waals surface area contributed by atoms with E-state index in [0.29, 0.717) is 16.1 Å². The molecule has 160 valence electrons. The predicted molar refractivity (Wildman–Crippen MR) is 113 cm³/mol. The molecule has 0 bridgehead atoms. The number of fused-ring (bicyclic) bond motifs is 1. The van der Waals surface area contributed by atoms with Crippen molar-refractivity contribution in [3.8, 4) is 0 Å². The minimum Gasteiger partial charge on any atom is -0.299 e. The summed E-state index contributed by atoms with van der Waals surface area (Å²) in [5.41, 5.74) is 0.0774. The molecule has 0 saturated carbocycles. The summed E-state index contributed by atoms with van der Waals surface area (Å²) in [6, 6.07) is 9.47. The van der Waals surface area contributed by atoms with Crippen LogP contribution in [-0.4, -0.2) is 33.6 Å². The Balaban J connectivity index is 1.61. The summed E-state index contributed by atoms with van der Waals surface area (Å²) in [5, 5.41) is 13.2. The molecular weight excluding hydrogens is 437 g/mol. The SMILES string of the molecule is Cc1ccc(F)cc1N1C(=O)[C@H](N2C(=O)c3cccc([N+](=O)[O-])c3C2=O)[C@H]1c1cccs1. The number of rotatable bonds is 4. The fourth-order valence-electron chi connectivity index (χ4n) is 4.27. The van der Waals surface area contributed by atoms with Gasteiger partial charge < -0.3 is 0 Å². The molecular formula is C22H14FN3O5S. The van der Waals surface area contributed by atoms with Crippen LogP contribution in [0.25, 0.3) is 0 Å². The number of nitro groups is 1. The summed E-state index contributed by atoms with van der Waals surface area (Å²) in [5.74, 6) is -2.73. The Morgan fingerprint density at radius 3 is 2.47 bits per heavy atom. The van der Waals surface area contributed by atoms with Crippen molar-refractivity contribution in [2.24, 2.45) is 0 Å². The van der Waals surface area contributed by atoms with Crippen LogP contribution in [0.15, 0.2) is 53.9 Å². The average molecular weight is 451 g/mol. The second-order valence-electron chi connectivity index (χ2n) is 7.48. The number of halogens is 1. The number of hydrogen-bond donors (Lipinski definition) is 0. The van der Waals surface area contributed by atoms with Crippen LogP contribution in [0.5, 0.6) is 0 Å². The number of thiophene rings is 1. The molecule has 2 aromatic carbocycles. The van der Waals surface area contributed by atoms with Gasteiger partial charge >= 0.3 is 0 Å². The zero-order chi connectivity index (χ0) is 22.7. The second-order valence-corrected chi connectivity index (χ2v) is 8.46. The highest BCUT2D eigenvalue weighted by Gasteiger charge is 2.58. The quantitative estimate of drug-likeness (QED) is 0.260. The van der Waals surface area contributed by atoms with Crippen molar-refractivity contribution < 1.29 is 23.7 Å². The van der Waals surface area contributed by atoms with Crippen LogP contribution in [0.1, 0.15) is 37.2 Å². The largest absolute Gasteiger partial charge is 0.299 e. The topological polar surface area (TPSA) is 101 Å². The monoisotopic (exact) mass is 451 g/mol. The van der Waals surface area contributed by atoms with E-state index in [2.05, 4.69) is 0 Å². The lowest BCUT2D eigenvalue weighted by atomic mass is 9.90. The molecule has 0 aliphatic carbocycles. The molecule has 8 nitrogen and oxygen atoms in total. The van der Waals surface area contributed by atoms with Gasteiger partial charge in [-0.2, -0.15) is 0 Å². The highest BCUT2D eigenvalue weighted by atomic mass is 32.1. The van der Waals surface area contributed by atoms with E-state index < -0.39 is 46.2 Å². The molecule has 0 unspecified atom stereocenters. The Kier molecular flexibility index (Phi) is 4.41. The molecule has 0 spiro atoms. The van der Waals surface area contributed by atoms with Gasteiger partial charge in [-0.25, -0.2) is 4.39 Å². The van der Waals surface area contributed by atoms with Gasteiger partial charge in [0.25, 0.3) is 23.4 Å². The summed E-state index contributed by atoms with van der Waals surface area (Å²) in [6.45, 7) is 1.73. The number of anilines is 1. The van der Waals surface area contributed by atoms with Crippen LogP contribution >= 0.6 is 11.3 Å². The minimum absolute atomic E-state index is 0.109. The zero-order valence-corrected chi connectivity index (χ0v) is 17.3. The van der Waals surface area contributed by atoms with Crippen LogP contribution in [0.3, 0.4) is 0 Å². The van der Waals surface area contributed by atoms with Crippen LogP contribution in [0, 0.1) is 22.9 Å². The molecule has 0 radical (unpaired) electrons. The molecule has 32 heavy (non-hydrogen) atoms. The molecule has 1 aromatic heterocycles. The molecule has 2 aliphatic rings. The lowest BCUT2D eigenvalue weighted by Gasteiger charge is -2.49. The highest BCUT2D eigenvalue weighted by molar-refractivity contribution is 7.10. The Labute approximate surface area is 184 Å². The summed E-state index contributed by atoms with van der Waals surface area (Å²) in [4.78, 5) is 53.1. The minimum atomic E-state index is -1.19. The summed E-state index contributed by atoms with van der Waals surface area (Å²) in [6.07, 6.45) is 0. The Morgan fingerprint density at radius 2 is 1.78 bits per heavy atom. The standard InChI is InChI=1S/C22H14FN3O5S/c1-11-7-8-12(23)10-15(11)24-18(16-6-3-9-32-16)19(22(24)29)25-20(27)13-4-2-5-14(26(30)31)17(13)21(25)28/h2-10,18-19H,1H3/t18-,19-/m1/s1. The van der Waals surface area contributed by atoms with Gasteiger partial charge in [0.05, 0.1) is 16.2 Å². The number of benzene rings is 2. The normalized spacial score (nSPS) is 19.9. The van der Waals surface area contributed by atoms with Gasteiger partial charge in [0.2, 0.25) is 0 Å². The van der Waals surface area contributed by atoms with Gasteiger partial charge in [-0.3, -0.25) is 34.3 Å². The Hall–Kier alpha value is -3.92. The average Bonchev–Trinajstić information content (AvgIpc) is 3.37. The number of carbonyl (C=O) groups excluding carboxylic acids is 3. The van der Waals surface area contributed by atoms with Gasteiger partial charge in [-0.15, -0.1) is 11.3 Å². The first-order chi connectivity index (χ1) is 15.3. The maximum Gasteiger partial charge on any atom is 0.282 e. The molecule has 2 atom stereocenters. The number of β-lactam (4-membered cyclic amide) rings is 1. The van der Waals surface area contributed by atoms with Crippen LogP contribution in [0.2, 0.25) is 0 Å². The number of nitro benzene ring substituents is 1. The number of nitrogens with zero attached hydrogens (tertiary/aromatic N) is 3. The van der Waals surface area contributed by atoms with E-state index in [1.165, 1.54) is 40.5 Å². The molecule has 3 heterocycles. The summed E-state index contributed by atoms with van der Waals surface area (Å²) >= 11 is 1.33. The van der Waals surface area contributed by atoms with E-state index in [-0.39, 0.29) is 11.1 Å². The lowest BCUT2D eigenvalue weighted by Crippen LogP contribution is -2.67. The van der Waals surface area contributed by atoms with Gasteiger partial charge in [-0.05, 0) is 42.1 Å². The van der Waals surface area contributed by atoms with Crippen LogP contribution < -0.4 is 4.90 Å². The van der Waals surface area contributed by atoms with E-state index in [1.54, 1.807) is 30.5 Å². The van der Waals surface area contributed by atoms with Crippen molar-refractivity contribution in [1.82, 2.24) is 4.90 Å². The number of aryl methyl sites for hydroxylation is 1. The third-order valence-corrected chi connectivity index (χ3v) is 6.68. The summed E-state index contributed by atoms with van der Waals surface area (Å²) < 4.78 is 14.0. The molecule has 10 heteroatoms. The molecule has 1 saturated heterocycles. The first kappa shape index (κ1) is 20.0.